The van der Waals surface area contributed by atoms with E-state index in [0.29, 0.717) is 18.8 Å². The number of carbonyl (C=O) groups is 2. The van der Waals surface area contributed by atoms with Gasteiger partial charge in [0.25, 0.3) is 0 Å². The number of hydrogen-bond acceptors (Lipinski definition) is 3. The molecule has 0 radical (unpaired) electrons. The van der Waals surface area contributed by atoms with Crippen molar-refractivity contribution in [2.24, 2.45) is 0 Å². The molecule has 0 spiro atoms. The highest BCUT2D eigenvalue weighted by Gasteiger charge is 2.15. The van der Waals surface area contributed by atoms with Crippen molar-refractivity contribution < 1.29 is 9.59 Å². The van der Waals surface area contributed by atoms with Crippen molar-refractivity contribution in [1.29, 1.82) is 0 Å². The van der Waals surface area contributed by atoms with Gasteiger partial charge in [0.05, 0.1) is 11.4 Å². The average Bonchev–Trinajstić information content (AvgIpc) is 2.60. The summed E-state index contributed by atoms with van der Waals surface area (Å²) in [5.74, 6) is -1.26. The molecular weight excluding hydrogens is 302 g/mol. The maximum absolute atomic E-state index is 12.0. The lowest BCUT2D eigenvalue weighted by Crippen LogP contribution is -2.36. The fraction of sp³-hybridized carbons (Fsp3) is 0.263. The van der Waals surface area contributed by atoms with E-state index in [2.05, 4.69) is 22.8 Å². The molecule has 0 aliphatic heterocycles. The first-order valence-electron chi connectivity index (χ1n) is 8.05. The van der Waals surface area contributed by atoms with Crippen LogP contribution in [0.5, 0.6) is 0 Å². The summed E-state index contributed by atoms with van der Waals surface area (Å²) in [4.78, 5) is 25.8. The van der Waals surface area contributed by atoms with Crippen LogP contribution in [-0.4, -0.2) is 25.4 Å². The number of amides is 2. The maximum atomic E-state index is 12.0. The molecule has 0 aliphatic carbocycles. The molecule has 0 heterocycles. The standard InChI is InChI=1S/C19H23N3O2/c1-3-13-20-18(23)19(24)21-16-11-7-8-12-17(16)22(2)14-15-9-5-4-6-10-15/h4-12H,3,13-14H2,1-2H3,(H,20,23)(H,21,24). The molecule has 0 atom stereocenters. The van der Waals surface area contributed by atoms with Crippen LogP contribution in [0.25, 0.3) is 0 Å². The lowest BCUT2D eigenvalue weighted by molar-refractivity contribution is -0.136. The first-order valence-corrected chi connectivity index (χ1v) is 8.05. The van der Waals surface area contributed by atoms with E-state index in [1.165, 1.54) is 5.56 Å². The van der Waals surface area contributed by atoms with Crippen LogP contribution < -0.4 is 15.5 Å². The summed E-state index contributed by atoms with van der Waals surface area (Å²) in [6.45, 7) is 3.13. The Hall–Kier alpha value is -2.82. The summed E-state index contributed by atoms with van der Waals surface area (Å²) < 4.78 is 0. The molecule has 0 aromatic heterocycles. The third-order valence-electron chi connectivity index (χ3n) is 3.57. The van der Waals surface area contributed by atoms with Crippen LogP contribution in [0.3, 0.4) is 0 Å². The van der Waals surface area contributed by atoms with Crippen molar-refractivity contribution >= 4 is 23.2 Å². The first kappa shape index (κ1) is 17.5. The molecular formula is C19H23N3O2. The van der Waals surface area contributed by atoms with Gasteiger partial charge in [-0.2, -0.15) is 0 Å². The normalized spacial score (nSPS) is 10.1. The molecule has 0 saturated heterocycles. The minimum absolute atomic E-state index is 0.488. The minimum Gasteiger partial charge on any atom is -0.369 e. The van der Waals surface area contributed by atoms with E-state index in [1.54, 1.807) is 6.07 Å². The monoisotopic (exact) mass is 325 g/mol. The van der Waals surface area contributed by atoms with E-state index >= 15 is 0 Å². The molecule has 2 N–H and O–H groups in total. The van der Waals surface area contributed by atoms with Crippen molar-refractivity contribution in [3.63, 3.8) is 0 Å². The highest BCUT2D eigenvalue weighted by atomic mass is 16.2. The quantitative estimate of drug-likeness (QED) is 0.803. The SMILES string of the molecule is CCCNC(=O)C(=O)Nc1ccccc1N(C)Cc1ccccc1. The summed E-state index contributed by atoms with van der Waals surface area (Å²) in [6.07, 6.45) is 0.787. The fourth-order valence-corrected chi connectivity index (χ4v) is 2.35. The van der Waals surface area contributed by atoms with Crippen molar-refractivity contribution in [3.05, 3.63) is 60.2 Å². The van der Waals surface area contributed by atoms with Gasteiger partial charge in [-0.1, -0.05) is 49.4 Å². The van der Waals surface area contributed by atoms with Crippen molar-refractivity contribution in [2.45, 2.75) is 19.9 Å². The molecule has 2 amide bonds. The second kappa shape index (κ2) is 8.72. The summed E-state index contributed by atoms with van der Waals surface area (Å²) in [5, 5.41) is 5.27. The Morgan fingerprint density at radius 3 is 2.33 bits per heavy atom. The van der Waals surface area contributed by atoms with Crippen LogP contribution in [0, 0.1) is 0 Å². The van der Waals surface area contributed by atoms with Gasteiger partial charge in [0.1, 0.15) is 0 Å². The Labute approximate surface area is 142 Å². The van der Waals surface area contributed by atoms with Gasteiger partial charge in [-0.25, -0.2) is 0 Å². The Morgan fingerprint density at radius 1 is 0.958 bits per heavy atom. The molecule has 0 fully saturated rings. The number of rotatable bonds is 6. The van der Waals surface area contributed by atoms with Gasteiger partial charge in [-0.15, -0.1) is 0 Å². The Kier molecular flexibility index (Phi) is 6.37. The second-order valence-electron chi connectivity index (χ2n) is 5.57. The molecule has 0 aliphatic rings. The van der Waals surface area contributed by atoms with Crippen LogP contribution in [0.1, 0.15) is 18.9 Å². The third kappa shape index (κ3) is 4.84. The zero-order chi connectivity index (χ0) is 17.4. The number of benzene rings is 2. The number of para-hydroxylation sites is 2. The zero-order valence-corrected chi connectivity index (χ0v) is 14.1. The molecule has 5 nitrogen and oxygen atoms in total. The lowest BCUT2D eigenvalue weighted by Gasteiger charge is -2.22. The summed E-state index contributed by atoms with van der Waals surface area (Å²) in [5.41, 5.74) is 2.65. The van der Waals surface area contributed by atoms with Gasteiger partial charge in [-0.05, 0) is 24.1 Å². The first-order chi connectivity index (χ1) is 11.6. The number of hydrogen-bond donors (Lipinski definition) is 2. The predicted molar refractivity (Wildman–Crippen MR) is 96.9 cm³/mol. The second-order valence-corrected chi connectivity index (χ2v) is 5.57. The number of carbonyl (C=O) groups excluding carboxylic acids is 2. The van der Waals surface area contributed by atoms with Crippen LogP contribution >= 0.6 is 0 Å². The van der Waals surface area contributed by atoms with Gasteiger partial charge >= 0.3 is 11.8 Å². The summed E-state index contributed by atoms with van der Waals surface area (Å²) in [6, 6.07) is 17.5. The van der Waals surface area contributed by atoms with E-state index in [-0.39, 0.29) is 0 Å². The summed E-state index contributed by atoms with van der Waals surface area (Å²) in [7, 11) is 1.95. The Balaban J connectivity index is 2.09. The molecule has 126 valence electrons. The average molecular weight is 325 g/mol. The summed E-state index contributed by atoms with van der Waals surface area (Å²) >= 11 is 0. The van der Waals surface area contributed by atoms with Crippen molar-refractivity contribution in [1.82, 2.24) is 5.32 Å². The fourth-order valence-electron chi connectivity index (χ4n) is 2.35. The topological polar surface area (TPSA) is 61.4 Å². The Morgan fingerprint density at radius 2 is 1.62 bits per heavy atom. The number of nitrogens with zero attached hydrogens (tertiary/aromatic N) is 1. The van der Waals surface area contributed by atoms with Gasteiger partial charge in [0.15, 0.2) is 0 Å². The van der Waals surface area contributed by atoms with Gasteiger partial charge < -0.3 is 15.5 Å². The van der Waals surface area contributed by atoms with Crippen molar-refractivity contribution in [3.8, 4) is 0 Å². The molecule has 2 aromatic carbocycles. The zero-order valence-electron chi connectivity index (χ0n) is 14.1. The van der Waals surface area contributed by atoms with Gasteiger partial charge in [0, 0.05) is 20.1 Å². The molecule has 2 rings (SSSR count). The molecule has 0 saturated carbocycles. The lowest BCUT2D eigenvalue weighted by atomic mass is 10.2. The van der Waals surface area contributed by atoms with Crippen LogP contribution in [-0.2, 0) is 16.1 Å². The molecule has 0 bridgehead atoms. The largest absolute Gasteiger partial charge is 0.369 e. The van der Waals surface area contributed by atoms with Gasteiger partial charge in [-0.3, -0.25) is 9.59 Å². The van der Waals surface area contributed by atoms with Gasteiger partial charge in [0.2, 0.25) is 0 Å². The van der Waals surface area contributed by atoms with E-state index in [0.717, 1.165) is 12.1 Å². The minimum atomic E-state index is -0.649. The van der Waals surface area contributed by atoms with E-state index in [9.17, 15) is 9.59 Å². The predicted octanol–water partition coefficient (Wildman–Crippen LogP) is 2.79. The smallest absolute Gasteiger partial charge is 0.313 e. The molecule has 0 unspecified atom stereocenters. The third-order valence-corrected chi connectivity index (χ3v) is 3.57. The number of nitrogens with one attached hydrogen (secondary N) is 2. The highest BCUT2D eigenvalue weighted by molar-refractivity contribution is 6.39. The Bertz CT molecular complexity index is 686. The van der Waals surface area contributed by atoms with E-state index in [4.69, 9.17) is 0 Å². The maximum Gasteiger partial charge on any atom is 0.313 e. The highest BCUT2D eigenvalue weighted by Crippen LogP contribution is 2.25. The van der Waals surface area contributed by atoms with Crippen LogP contribution in [0.2, 0.25) is 0 Å². The molecule has 2 aromatic rings. The van der Waals surface area contributed by atoms with E-state index < -0.39 is 11.8 Å². The van der Waals surface area contributed by atoms with Crippen molar-refractivity contribution in [2.75, 3.05) is 23.8 Å². The molecule has 5 heteroatoms. The van der Waals surface area contributed by atoms with Crippen LogP contribution in [0.15, 0.2) is 54.6 Å². The van der Waals surface area contributed by atoms with Crippen LogP contribution in [0.4, 0.5) is 11.4 Å². The number of anilines is 2. The van der Waals surface area contributed by atoms with E-state index in [1.807, 2.05) is 55.3 Å². The molecule has 24 heavy (non-hydrogen) atoms.